The molecular formula is C15H21N5OS. The van der Waals surface area contributed by atoms with E-state index in [9.17, 15) is 0 Å². The van der Waals surface area contributed by atoms with Crippen LogP contribution in [0.1, 0.15) is 18.5 Å². The number of nitrogens with zero attached hydrogens (tertiary/aromatic N) is 3. The molecule has 2 aromatic rings. The summed E-state index contributed by atoms with van der Waals surface area (Å²) in [5.74, 6) is 0.817. The van der Waals surface area contributed by atoms with E-state index in [1.807, 2.05) is 17.4 Å². The van der Waals surface area contributed by atoms with Crippen LogP contribution < -0.4 is 15.5 Å². The Bertz CT molecular complexity index is 573. The van der Waals surface area contributed by atoms with Gasteiger partial charge in [-0.1, -0.05) is 5.16 Å². The highest BCUT2D eigenvalue weighted by Gasteiger charge is 2.20. The minimum absolute atomic E-state index is 0.458. The van der Waals surface area contributed by atoms with Crippen molar-refractivity contribution in [2.45, 2.75) is 25.4 Å². The first-order valence-corrected chi connectivity index (χ1v) is 8.38. The molecular weight excluding hydrogens is 298 g/mol. The van der Waals surface area contributed by atoms with Crippen LogP contribution in [0.25, 0.3) is 0 Å². The van der Waals surface area contributed by atoms with Crippen molar-refractivity contribution in [3.63, 3.8) is 0 Å². The zero-order valence-electron chi connectivity index (χ0n) is 12.7. The summed E-state index contributed by atoms with van der Waals surface area (Å²) < 4.78 is 4.82. The fraction of sp³-hybridized carbons (Fsp3) is 0.467. The third-order valence-corrected chi connectivity index (χ3v) is 4.73. The van der Waals surface area contributed by atoms with Crippen molar-refractivity contribution in [3.05, 3.63) is 35.5 Å². The second-order valence-corrected chi connectivity index (χ2v) is 6.20. The lowest BCUT2D eigenvalue weighted by atomic mass is 10.1. The molecule has 1 fully saturated rings. The number of guanidine groups is 1. The molecule has 0 aromatic carbocycles. The Labute approximate surface area is 134 Å². The molecule has 0 spiro atoms. The highest BCUT2D eigenvalue weighted by atomic mass is 32.1. The maximum atomic E-state index is 4.82. The first kappa shape index (κ1) is 14.9. The Morgan fingerprint density at radius 1 is 1.45 bits per heavy atom. The fourth-order valence-corrected chi connectivity index (χ4v) is 3.37. The van der Waals surface area contributed by atoms with Gasteiger partial charge in [0.25, 0.3) is 0 Å². The van der Waals surface area contributed by atoms with Crippen LogP contribution in [0.4, 0.5) is 5.00 Å². The van der Waals surface area contributed by atoms with E-state index in [4.69, 9.17) is 4.52 Å². The second kappa shape index (κ2) is 7.31. The van der Waals surface area contributed by atoms with Gasteiger partial charge in [-0.25, -0.2) is 0 Å². The number of rotatable bonds is 4. The third kappa shape index (κ3) is 3.79. The molecule has 0 saturated carbocycles. The van der Waals surface area contributed by atoms with E-state index >= 15 is 0 Å². The number of piperidine rings is 1. The molecule has 2 aromatic heterocycles. The summed E-state index contributed by atoms with van der Waals surface area (Å²) in [5, 5.41) is 14.1. The summed E-state index contributed by atoms with van der Waals surface area (Å²) in [4.78, 5) is 6.73. The number of thiophene rings is 1. The van der Waals surface area contributed by atoms with Crippen LogP contribution in [0.15, 0.2) is 39.4 Å². The molecule has 0 aliphatic carbocycles. The molecule has 118 valence electrons. The van der Waals surface area contributed by atoms with Gasteiger partial charge in [0.1, 0.15) is 12.0 Å². The van der Waals surface area contributed by atoms with E-state index in [2.05, 4.69) is 43.2 Å². The maximum Gasteiger partial charge on any atom is 0.191 e. The summed E-state index contributed by atoms with van der Waals surface area (Å²) in [6.07, 6.45) is 3.80. The van der Waals surface area contributed by atoms with E-state index in [0.717, 1.165) is 37.6 Å². The van der Waals surface area contributed by atoms with Gasteiger partial charge >= 0.3 is 0 Å². The molecule has 1 aliphatic heterocycles. The zero-order chi connectivity index (χ0) is 15.2. The maximum absolute atomic E-state index is 4.82. The van der Waals surface area contributed by atoms with Gasteiger partial charge in [-0.15, -0.1) is 11.3 Å². The summed E-state index contributed by atoms with van der Waals surface area (Å²) in [6.45, 7) is 2.78. The predicted octanol–water partition coefficient (Wildman–Crippen LogP) is 2.07. The van der Waals surface area contributed by atoms with Crippen molar-refractivity contribution in [1.29, 1.82) is 0 Å². The standard InChI is InChI=1S/C15H21N5OS/c1-16-15(17-11-13-6-9-21-19-13)18-12-4-7-20(8-5-12)14-3-2-10-22-14/h2-3,6,9-10,12H,4-5,7-8,11H2,1H3,(H2,16,17,18). The van der Waals surface area contributed by atoms with Crippen LogP contribution in [-0.2, 0) is 6.54 Å². The Morgan fingerprint density at radius 2 is 2.32 bits per heavy atom. The molecule has 3 rings (SSSR count). The van der Waals surface area contributed by atoms with Crippen LogP contribution in [0.3, 0.4) is 0 Å². The predicted molar refractivity (Wildman–Crippen MR) is 89.4 cm³/mol. The quantitative estimate of drug-likeness (QED) is 0.667. The first-order chi connectivity index (χ1) is 10.8. The topological polar surface area (TPSA) is 65.7 Å². The lowest BCUT2D eigenvalue weighted by Crippen LogP contribution is -2.48. The van der Waals surface area contributed by atoms with Crippen molar-refractivity contribution < 1.29 is 4.52 Å². The average Bonchev–Trinajstić information content (AvgIpc) is 3.25. The summed E-state index contributed by atoms with van der Waals surface area (Å²) >= 11 is 1.81. The first-order valence-electron chi connectivity index (χ1n) is 7.50. The van der Waals surface area contributed by atoms with Gasteiger partial charge in [-0.05, 0) is 30.4 Å². The summed E-state index contributed by atoms with van der Waals surface area (Å²) in [5.41, 5.74) is 0.871. The Hall–Kier alpha value is -2.02. The molecule has 0 radical (unpaired) electrons. The van der Waals surface area contributed by atoms with Crippen molar-refractivity contribution in [2.75, 3.05) is 25.0 Å². The van der Waals surface area contributed by atoms with Crippen LogP contribution in [0.2, 0.25) is 0 Å². The summed E-state index contributed by atoms with van der Waals surface area (Å²) in [6, 6.07) is 6.61. The van der Waals surface area contributed by atoms with Gasteiger partial charge in [0, 0.05) is 32.2 Å². The zero-order valence-corrected chi connectivity index (χ0v) is 13.5. The van der Waals surface area contributed by atoms with E-state index < -0.39 is 0 Å². The van der Waals surface area contributed by atoms with E-state index in [1.54, 1.807) is 13.3 Å². The highest BCUT2D eigenvalue weighted by Crippen LogP contribution is 2.24. The van der Waals surface area contributed by atoms with E-state index in [0.29, 0.717) is 12.6 Å². The fourth-order valence-electron chi connectivity index (χ4n) is 2.59. The number of hydrogen-bond donors (Lipinski definition) is 2. The van der Waals surface area contributed by atoms with Crippen molar-refractivity contribution >= 4 is 22.3 Å². The van der Waals surface area contributed by atoms with Crippen LogP contribution >= 0.6 is 11.3 Å². The van der Waals surface area contributed by atoms with E-state index in [-0.39, 0.29) is 0 Å². The van der Waals surface area contributed by atoms with Gasteiger partial charge in [0.2, 0.25) is 0 Å². The Balaban J connectivity index is 1.44. The molecule has 0 amide bonds. The number of aromatic nitrogens is 1. The largest absolute Gasteiger partial charge is 0.364 e. The molecule has 0 bridgehead atoms. The van der Waals surface area contributed by atoms with Crippen LogP contribution in [0, 0.1) is 0 Å². The number of hydrogen-bond acceptors (Lipinski definition) is 5. The molecule has 22 heavy (non-hydrogen) atoms. The van der Waals surface area contributed by atoms with Crippen molar-refractivity contribution in [2.24, 2.45) is 4.99 Å². The molecule has 0 unspecified atom stereocenters. The average molecular weight is 319 g/mol. The Kier molecular flexibility index (Phi) is 4.95. The minimum Gasteiger partial charge on any atom is -0.364 e. The smallest absolute Gasteiger partial charge is 0.191 e. The monoisotopic (exact) mass is 319 g/mol. The molecule has 1 aliphatic rings. The number of nitrogens with one attached hydrogen (secondary N) is 2. The highest BCUT2D eigenvalue weighted by molar-refractivity contribution is 7.14. The van der Waals surface area contributed by atoms with Gasteiger partial charge in [-0.3, -0.25) is 4.99 Å². The molecule has 7 heteroatoms. The van der Waals surface area contributed by atoms with E-state index in [1.165, 1.54) is 5.00 Å². The van der Waals surface area contributed by atoms with Crippen molar-refractivity contribution in [3.8, 4) is 0 Å². The van der Waals surface area contributed by atoms with Gasteiger partial charge < -0.3 is 20.1 Å². The molecule has 3 heterocycles. The second-order valence-electron chi connectivity index (χ2n) is 5.27. The molecule has 6 nitrogen and oxygen atoms in total. The SMILES string of the molecule is CN=C(NCc1ccon1)NC1CCN(c2cccs2)CC1. The van der Waals surface area contributed by atoms with Gasteiger partial charge in [0.15, 0.2) is 5.96 Å². The number of aliphatic imine (C=N–C) groups is 1. The third-order valence-electron chi connectivity index (χ3n) is 3.81. The van der Waals surface area contributed by atoms with Crippen LogP contribution in [-0.4, -0.2) is 37.3 Å². The minimum atomic E-state index is 0.458. The lowest BCUT2D eigenvalue weighted by Gasteiger charge is -2.33. The molecule has 1 saturated heterocycles. The van der Waals surface area contributed by atoms with Crippen LogP contribution in [0.5, 0.6) is 0 Å². The normalized spacial score (nSPS) is 16.8. The van der Waals surface area contributed by atoms with Gasteiger partial charge in [-0.2, -0.15) is 0 Å². The lowest BCUT2D eigenvalue weighted by molar-refractivity contribution is 0.410. The molecule has 0 atom stereocenters. The Morgan fingerprint density at radius 3 is 2.95 bits per heavy atom. The van der Waals surface area contributed by atoms with Gasteiger partial charge in [0.05, 0.1) is 11.5 Å². The molecule has 2 N–H and O–H groups in total. The summed E-state index contributed by atoms with van der Waals surface area (Å²) in [7, 11) is 1.79. The van der Waals surface area contributed by atoms with Crippen molar-refractivity contribution in [1.82, 2.24) is 15.8 Å². The number of anilines is 1.